The molecule has 4 fully saturated rings. The van der Waals surface area contributed by atoms with Crippen LogP contribution < -0.4 is 0 Å². The maximum absolute atomic E-state index is 12.4. The standard InChI is InChI=1S/C31H48N2O6S/c1-5-21-25-16-20(34)8-11-31(25,4)24-9-12-30(3)22(6-7-23(30)28(24)29(21)36)19(2)10-15-39-27(35)18-40(37,38)26-17-32-13-14-33-26/h13-14,17,19-25,28-29,34,36H,5-12,15-16,18H2,1-4H3/t19-,20-,21-,22-,23+,24+,25+,28+,29-,30-,31-/m1/s1. The molecule has 224 valence electrons. The number of fused-ring (bicyclic) bond motifs is 5. The SMILES string of the molecule is CC[C@H]1[C@@H](O)[C@@H]2[C@H](CC[C@]3(C)[C@@H]([C@H](C)CCOC(=O)CS(=O)(=O)c4cnccn4)CC[C@@H]23)[C@@]2(C)CC[C@@H](O)C[C@@H]12. The van der Waals surface area contributed by atoms with Crippen LogP contribution in [0.2, 0.25) is 0 Å². The quantitative estimate of drug-likeness (QED) is 0.435. The molecule has 11 atom stereocenters. The highest BCUT2D eigenvalue weighted by Crippen LogP contribution is 2.69. The van der Waals surface area contributed by atoms with E-state index >= 15 is 0 Å². The minimum absolute atomic E-state index is 0.135. The van der Waals surface area contributed by atoms with Crippen molar-refractivity contribution in [1.82, 2.24) is 9.97 Å². The maximum atomic E-state index is 12.4. The minimum Gasteiger partial charge on any atom is -0.465 e. The van der Waals surface area contributed by atoms with Crippen molar-refractivity contribution in [2.24, 2.45) is 52.3 Å². The molecule has 0 radical (unpaired) electrons. The molecule has 0 saturated heterocycles. The third-order valence-corrected chi connectivity index (χ3v) is 13.6. The lowest BCUT2D eigenvalue weighted by Gasteiger charge is -2.64. The zero-order valence-corrected chi connectivity index (χ0v) is 25.4. The van der Waals surface area contributed by atoms with E-state index < -0.39 is 21.6 Å². The Morgan fingerprint density at radius 1 is 1.07 bits per heavy atom. The second-order valence-electron chi connectivity index (χ2n) is 13.9. The topological polar surface area (TPSA) is 127 Å². The fraction of sp³-hybridized carbons (Fsp3) is 0.839. The fourth-order valence-corrected chi connectivity index (χ4v) is 11.2. The fourth-order valence-electron chi connectivity index (χ4n) is 10.2. The summed E-state index contributed by atoms with van der Waals surface area (Å²) in [6, 6.07) is 0. The van der Waals surface area contributed by atoms with Gasteiger partial charge in [0, 0.05) is 12.4 Å². The lowest BCUT2D eigenvalue weighted by atomic mass is 9.41. The molecule has 8 nitrogen and oxygen atoms in total. The van der Waals surface area contributed by atoms with E-state index in [0.29, 0.717) is 41.9 Å². The van der Waals surface area contributed by atoms with Crippen LogP contribution in [0.1, 0.15) is 85.5 Å². The van der Waals surface area contributed by atoms with Gasteiger partial charge in [0.25, 0.3) is 0 Å². The largest absolute Gasteiger partial charge is 0.465 e. The molecule has 0 amide bonds. The molecule has 1 aromatic rings. The van der Waals surface area contributed by atoms with Crippen LogP contribution in [-0.4, -0.2) is 59.1 Å². The number of hydrogen-bond donors (Lipinski definition) is 2. The van der Waals surface area contributed by atoms with E-state index in [9.17, 15) is 23.4 Å². The average Bonchev–Trinajstić information content (AvgIpc) is 3.27. The molecule has 2 N–H and O–H groups in total. The number of carbonyl (C=O) groups is 1. The molecule has 9 heteroatoms. The van der Waals surface area contributed by atoms with Gasteiger partial charge in [-0.05, 0) is 104 Å². The predicted molar refractivity (Wildman–Crippen MR) is 151 cm³/mol. The van der Waals surface area contributed by atoms with Crippen molar-refractivity contribution < 1.29 is 28.2 Å². The first-order valence-corrected chi connectivity index (χ1v) is 17.1. The first-order valence-electron chi connectivity index (χ1n) is 15.4. The maximum Gasteiger partial charge on any atom is 0.321 e. The second-order valence-corrected chi connectivity index (χ2v) is 15.8. The summed E-state index contributed by atoms with van der Waals surface area (Å²) in [4.78, 5) is 19.9. The first kappa shape index (κ1) is 29.9. The van der Waals surface area contributed by atoms with E-state index in [1.165, 1.54) is 12.4 Å². The Hall–Kier alpha value is -1.58. The van der Waals surface area contributed by atoms with Gasteiger partial charge in [-0.15, -0.1) is 0 Å². The molecule has 5 rings (SSSR count). The predicted octanol–water partition coefficient (Wildman–Crippen LogP) is 4.45. The molecule has 4 aliphatic rings. The van der Waals surface area contributed by atoms with Crippen molar-refractivity contribution in [2.75, 3.05) is 12.4 Å². The van der Waals surface area contributed by atoms with E-state index in [1.807, 2.05) is 0 Å². The number of carbonyl (C=O) groups excluding carboxylic acids is 1. The summed E-state index contributed by atoms with van der Waals surface area (Å²) in [5.74, 6) is 1.24. The number of nitrogens with zero attached hydrogens (tertiary/aromatic N) is 2. The van der Waals surface area contributed by atoms with Gasteiger partial charge < -0.3 is 14.9 Å². The highest BCUT2D eigenvalue weighted by atomic mass is 32.2. The second kappa shape index (κ2) is 11.3. The van der Waals surface area contributed by atoms with E-state index in [1.54, 1.807) is 0 Å². The minimum atomic E-state index is -3.88. The molecule has 1 aromatic heterocycles. The molecular formula is C31H48N2O6S. The number of hydrogen-bond acceptors (Lipinski definition) is 8. The summed E-state index contributed by atoms with van der Waals surface area (Å²) >= 11 is 0. The van der Waals surface area contributed by atoms with Gasteiger partial charge in [-0.25, -0.2) is 13.4 Å². The van der Waals surface area contributed by atoms with Crippen molar-refractivity contribution in [1.29, 1.82) is 0 Å². The van der Waals surface area contributed by atoms with Crippen LogP contribution in [0.5, 0.6) is 0 Å². The molecule has 4 saturated carbocycles. The number of esters is 1. The third kappa shape index (κ3) is 5.13. The van der Waals surface area contributed by atoms with Crippen LogP contribution in [0.3, 0.4) is 0 Å². The third-order valence-electron chi connectivity index (χ3n) is 12.2. The summed E-state index contributed by atoms with van der Waals surface area (Å²) < 4.78 is 30.2. The number of aromatic nitrogens is 2. The van der Waals surface area contributed by atoms with Gasteiger partial charge >= 0.3 is 5.97 Å². The number of sulfone groups is 1. The van der Waals surface area contributed by atoms with Crippen molar-refractivity contribution in [3.05, 3.63) is 18.6 Å². The van der Waals surface area contributed by atoms with Crippen LogP contribution >= 0.6 is 0 Å². The Labute approximate surface area is 239 Å². The van der Waals surface area contributed by atoms with Crippen molar-refractivity contribution >= 4 is 15.8 Å². The Kier molecular flexibility index (Phi) is 8.41. The lowest BCUT2D eigenvalue weighted by Crippen LogP contribution is -2.62. The Bertz CT molecular complexity index is 1160. The highest BCUT2D eigenvalue weighted by molar-refractivity contribution is 7.92. The van der Waals surface area contributed by atoms with Crippen LogP contribution in [0.15, 0.2) is 23.6 Å². The smallest absolute Gasteiger partial charge is 0.321 e. The van der Waals surface area contributed by atoms with E-state index in [4.69, 9.17) is 4.74 Å². The summed E-state index contributed by atoms with van der Waals surface area (Å²) in [5, 5.41) is 22.2. The number of aliphatic hydroxyl groups is 2. The van der Waals surface area contributed by atoms with Crippen molar-refractivity contribution in [2.45, 2.75) is 103 Å². The Balaban J connectivity index is 1.22. The molecule has 4 aliphatic carbocycles. The zero-order chi connectivity index (χ0) is 28.9. The Morgan fingerprint density at radius 2 is 1.80 bits per heavy atom. The van der Waals surface area contributed by atoms with Gasteiger partial charge in [0.15, 0.2) is 10.8 Å². The molecular weight excluding hydrogens is 528 g/mol. The van der Waals surface area contributed by atoms with Gasteiger partial charge in [0.05, 0.1) is 25.0 Å². The normalized spacial score (nSPS) is 41.9. The number of rotatable bonds is 8. The number of ether oxygens (including phenoxy) is 1. The lowest BCUT2D eigenvalue weighted by molar-refractivity contribution is -0.203. The average molecular weight is 577 g/mol. The van der Waals surface area contributed by atoms with Crippen LogP contribution in [-0.2, 0) is 19.4 Å². The molecule has 0 spiro atoms. The summed E-state index contributed by atoms with van der Waals surface area (Å²) in [7, 11) is -3.88. The highest BCUT2D eigenvalue weighted by Gasteiger charge is 2.64. The van der Waals surface area contributed by atoms with Crippen LogP contribution in [0.4, 0.5) is 0 Å². The van der Waals surface area contributed by atoms with E-state index in [-0.39, 0.29) is 40.6 Å². The molecule has 0 unspecified atom stereocenters. The molecule has 0 aromatic carbocycles. The monoisotopic (exact) mass is 576 g/mol. The van der Waals surface area contributed by atoms with Crippen LogP contribution in [0.25, 0.3) is 0 Å². The van der Waals surface area contributed by atoms with Crippen LogP contribution in [0, 0.1) is 52.3 Å². The van der Waals surface area contributed by atoms with Gasteiger partial charge in [0.2, 0.25) is 9.84 Å². The van der Waals surface area contributed by atoms with Gasteiger partial charge in [-0.1, -0.05) is 34.1 Å². The first-order chi connectivity index (χ1) is 18.9. The van der Waals surface area contributed by atoms with E-state index in [2.05, 4.69) is 37.7 Å². The van der Waals surface area contributed by atoms with Gasteiger partial charge in [-0.2, -0.15) is 0 Å². The van der Waals surface area contributed by atoms with Gasteiger partial charge in [0.1, 0.15) is 0 Å². The molecule has 40 heavy (non-hydrogen) atoms. The molecule has 0 bridgehead atoms. The summed E-state index contributed by atoms with van der Waals surface area (Å²) in [5.41, 5.74) is 0.325. The number of aliphatic hydroxyl groups excluding tert-OH is 2. The van der Waals surface area contributed by atoms with Crippen molar-refractivity contribution in [3.8, 4) is 0 Å². The summed E-state index contributed by atoms with van der Waals surface area (Å²) in [6.07, 6.45) is 12.2. The Morgan fingerprint density at radius 3 is 2.50 bits per heavy atom. The van der Waals surface area contributed by atoms with Crippen molar-refractivity contribution in [3.63, 3.8) is 0 Å². The molecule has 0 aliphatic heterocycles. The summed E-state index contributed by atoms with van der Waals surface area (Å²) in [6.45, 7) is 9.54. The molecule has 1 heterocycles. The van der Waals surface area contributed by atoms with E-state index in [0.717, 1.165) is 57.6 Å². The zero-order valence-electron chi connectivity index (χ0n) is 24.5. The van der Waals surface area contributed by atoms with Gasteiger partial charge in [-0.3, -0.25) is 9.78 Å².